The van der Waals surface area contributed by atoms with Gasteiger partial charge in [0.15, 0.2) is 0 Å². The van der Waals surface area contributed by atoms with Crippen molar-refractivity contribution in [2.24, 2.45) is 64.1 Å². The van der Waals surface area contributed by atoms with Crippen LogP contribution in [0.3, 0.4) is 0 Å². The van der Waals surface area contributed by atoms with Crippen molar-refractivity contribution >= 4 is 0 Å². The minimum atomic E-state index is 0.424. The highest BCUT2D eigenvalue weighted by Gasteiger charge is 2.60. The van der Waals surface area contributed by atoms with E-state index in [4.69, 9.17) is 0 Å². The van der Waals surface area contributed by atoms with Crippen LogP contribution >= 0.6 is 0 Å². The van der Waals surface area contributed by atoms with Gasteiger partial charge in [-0.2, -0.15) is 0 Å². The topological polar surface area (TPSA) is 20.2 Å². The summed E-state index contributed by atoms with van der Waals surface area (Å²) in [7, 11) is 0. The van der Waals surface area contributed by atoms with E-state index in [9.17, 15) is 5.11 Å². The molecule has 29 heavy (non-hydrogen) atoms. The zero-order chi connectivity index (χ0) is 21.0. The third kappa shape index (κ3) is 3.46. The van der Waals surface area contributed by atoms with E-state index in [1.54, 1.807) is 0 Å². The number of fused-ring (bicyclic) bond motifs is 5. The van der Waals surface area contributed by atoms with Gasteiger partial charge in [0.25, 0.3) is 0 Å². The lowest BCUT2D eigenvalue weighted by atomic mass is 9.46. The lowest BCUT2D eigenvalue weighted by Crippen LogP contribution is -2.51. The Morgan fingerprint density at radius 1 is 0.862 bits per heavy atom. The average molecular weight is 401 g/mol. The summed E-state index contributed by atoms with van der Waals surface area (Å²) in [6, 6.07) is 0. The molecule has 3 saturated carbocycles. The van der Waals surface area contributed by atoms with Gasteiger partial charge in [0.2, 0.25) is 0 Å². The SMILES string of the molecule is CC(C)C(C)CCC(C)C1C=CC2C3CCC4C(CO)CCC4(C)C3CCC12C. The van der Waals surface area contributed by atoms with Crippen molar-refractivity contribution in [2.75, 3.05) is 6.61 Å². The second-order valence-corrected chi connectivity index (χ2v) is 12.7. The number of hydrogen-bond acceptors (Lipinski definition) is 1. The van der Waals surface area contributed by atoms with Gasteiger partial charge in [-0.1, -0.05) is 60.1 Å². The van der Waals surface area contributed by atoms with Gasteiger partial charge < -0.3 is 5.11 Å². The molecule has 0 saturated heterocycles. The van der Waals surface area contributed by atoms with E-state index in [0.717, 1.165) is 47.3 Å². The average Bonchev–Trinajstić information content (AvgIpc) is 3.22. The number of hydrogen-bond donors (Lipinski definition) is 1. The largest absolute Gasteiger partial charge is 0.396 e. The Balaban J connectivity index is 1.47. The van der Waals surface area contributed by atoms with Gasteiger partial charge >= 0.3 is 0 Å². The van der Waals surface area contributed by atoms with Crippen LogP contribution in [0.1, 0.15) is 92.9 Å². The van der Waals surface area contributed by atoms with Crippen molar-refractivity contribution < 1.29 is 5.11 Å². The summed E-state index contributed by atoms with van der Waals surface area (Å²) in [4.78, 5) is 0. The zero-order valence-corrected chi connectivity index (χ0v) is 20.2. The minimum absolute atomic E-state index is 0.424. The predicted octanol–water partition coefficient (Wildman–Crippen LogP) is 7.35. The molecule has 1 nitrogen and oxygen atoms in total. The van der Waals surface area contributed by atoms with Crippen molar-refractivity contribution in [1.29, 1.82) is 0 Å². The van der Waals surface area contributed by atoms with Crippen molar-refractivity contribution in [3.8, 4) is 0 Å². The normalized spacial score (nSPS) is 48.3. The molecule has 0 aromatic heterocycles. The molecule has 0 aliphatic heterocycles. The van der Waals surface area contributed by atoms with Gasteiger partial charge in [-0.3, -0.25) is 0 Å². The molecule has 166 valence electrons. The van der Waals surface area contributed by atoms with Crippen LogP contribution in [-0.2, 0) is 0 Å². The molecule has 10 unspecified atom stereocenters. The Labute approximate surface area is 181 Å². The monoisotopic (exact) mass is 400 g/mol. The van der Waals surface area contributed by atoms with Crippen LogP contribution in [-0.4, -0.2) is 11.7 Å². The zero-order valence-electron chi connectivity index (χ0n) is 20.2. The molecular weight excluding hydrogens is 352 g/mol. The van der Waals surface area contributed by atoms with Gasteiger partial charge in [0, 0.05) is 6.61 Å². The van der Waals surface area contributed by atoms with Crippen molar-refractivity contribution in [3.05, 3.63) is 12.2 Å². The fraction of sp³-hybridized carbons (Fsp3) is 0.929. The smallest absolute Gasteiger partial charge is 0.0462 e. The van der Waals surface area contributed by atoms with E-state index < -0.39 is 0 Å². The summed E-state index contributed by atoms with van der Waals surface area (Å²) < 4.78 is 0. The minimum Gasteiger partial charge on any atom is -0.396 e. The lowest BCUT2D eigenvalue weighted by molar-refractivity contribution is -0.0901. The molecule has 10 atom stereocenters. The maximum absolute atomic E-state index is 9.91. The molecule has 0 bridgehead atoms. The molecule has 0 spiro atoms. The molecule has 0 radical (unpaired) electrons. The molecule has 4 aliphatic rings. The summed E-state index contributed by atoms with van der Waals surface area (Å²) >= 11 is 0. The van der Waals surface area contributed by atoms with Crippen LogP contribution < -0.4 is 0 Å². The fourth-order valence-electron chi connectivity index (χ4n) is 8.91. The Kier molecular flexibility index (Phi) is 6.04. The Bertz CT molecular complexity index is 607. The highest BCUT2D eigenvalue weighted by atomic mass is 16.3. The first-order valence-corrected chi connectivity index (χ1v) is 13.0. The first-order chi connectivity index (χ1) is 13.7. The predicted molar refractivity (Wildman–Crippen MR) is 123 cm³/mol. The second kappa shape index (κ2) is 7.99. The first-order valence-electron chi connectivity index (χ1n) is 13.0. The standard InChI is InChI=1S/C28H48O/c1-18(2)19(3)7-8-20(4)23-11-12-25-22-9-10-24-21(17-29)13-15-28(24,6)26(22)14-16-27(23,25)5/h11-12,18-26,29H,7-10,13-17H2,1-6H3. The summed E-state index contributed by atoms with van der Waals surface area (Å²) in [5, 5.41) is 9.91. The van der Waals surface area contributed by atoms with Crippen LogP contribution in [0, 0.1) is 64.1 Å². The molecule has 0 amide bonds. The maximum atomic E-state index is 9.91. The molecule has 1 heteroatoms. The van der Waals surface area contributed by atoms with Crippen molar-refractivity contribution in [3.63, 3.8) is 0 Å². The van der Waals surface area contributed by atoms with Crippen molar-refractivity contribution in [1.82, 2.24) is 0 Å². The molecule has 3 fully saturated rings. The number of allylic oxidation sites excluding steroid dienone is 2. The third-order valence-electron chi connectivity index (χ3n) is 11.2. The van der Waals surface area contributed by atoms with Crippen LogP contribution in [0.4, 0.5) is 0 Å². The lowest BCUT2D eigenvalue weighted by Gasteiger charge is -2.58. The van der Waals surface area contributed by atoms with Crippen LogP contribution in [0.5, 0.6) is 0 Å². The summed E-state index contributed by atoms with van der Waals surface area (Å²) in [6.07, 6.45) is 16.4. The van der Waals surface area contributed by atoms with E-state index in [2.05, 4.69) is 53.7 Å². The first kappa shape index (κ1) is 21.9. The molecule has 4 rings (SSSR count). The van der Waals surface area contributed by atoms with Gasteiger partial charge in [0.1, 0.15) is 0 Å². The molecule has 0 aromatic carbocycles. The van der Waals surface area contributed by atoms with E-state index in [0.29, 0.717) is 23.4 Å². The molecule has 1 N–H and O–H groups in total. The Morgan fingerprint density at radius 2 is 1.59 bits per heavy atom. The van der Waals surface area contributed by atoms with E-state index >= 15 is 0 Å². The fourth-order valence-corrected chi connectivity index (χ4v) is 8.91. The Morgan fingerprint density at radius 3 is 2.28 bits per heavy atom. The molecular formula is C28H48O. The number of rotatable bonds is 6. The number of aliphatic hydroxyl groups is 1. The van der Waals surface area contributed by atoms with Crippen LogP contribution in [0.25, 0.3) is 0 Å². The van der Waals surface area contributed by atoms with E-state index in [1.807, 2.05) is 0 Å². The number of aliphatic hydroxyl groups excluding tert-OH is 1. The van der Waals surface area contributed by atoms with Gasteiger partial charge in [0.05, 0.1) is 0 Å². The Hall–Kier alpha value is -0.300. The van der Waals surface area contributed by atoms with Crippen LogP contribution in [0.2, 0.25) is 0 Å². The molecule has 0 heterocycles. The van der Waals surface area contributed by atoms with Gasteiger partial charge in [-0.15, -0.1) is 0 Å². The van der Waals surface area contributed by atoms with E-state index in [-0.39, 0.29) is 0 Å². The van der Waals surface area contributed by atoms with Gasteiger partial charge in [-0.05, 0) is 109 Å². The van der Waals surface area contributed by atoms with Crippen LogP contribution in [0.15, 0.2) is 12.2 Å². The highest BCUT2D eigenvalue weighted by molar-refractivity contribution is 5.20. The highest BCUT2D eigenvalue weighted by Crippen LogP contribution is 2.68. The molecule has 4 aliphatic carbocycles. The van der Waals surface area contributed by atoms with Crippen molar-refractivity contribution in [2.45, 2.75) is 92.9 Å². The van der Waals surface area contributed by atoms with Gasteiger partial charge in [-0.25, -0.2) is 0 Å². The summed E-state index contributed by atoms with van der Waals surface area (Å²) in [5.74, 6) is 7.24. The maximum Gasteiger partial charge on any atom is 0.0462 e. The second-order valence-electron chi connectivity index (χ2n) is 12.7. The summed E-state index contributed by atoms with van der Waals surface area (Å²) in [5.41, 5.74) is 1.00. The third-order valence-corrected chi connectivity index (χ3v) is 11.2. The quantitative estimate of drug-likeness (QED) is 0.462. The summed E-state index contributed by atoms with van der Waals surface area (Å²) in [6.45, 7) is 15.4. The molecule has 0 aromatic rings. The van der Waals surface area contributed by atoms with E-state index in [1.165, 1.54) is 51.4 Å².